The van der Waals surface area contributed by atoms with Crippen LogP contribution in [0.1, 0.15) is 23.1 Å². The fourth-order valence-electron chi connectivity index (χ4n) is 1.15. The second-order valence-electron chi connectivity index (χ2n) is 2.75. The normalized spacial score (nSPS) is 10.3. The maximum Gasteiger partial charge on any atom is 0.268 e. The maximum atomic E-state index is 12.8. The number of hydrogen-bond acceptors (Lipinski definition) is 2. The molecule has 5 heteroatoms. The van der Waals surface area contributed by atoms with Crippen LogP contribution in [0.5, 0.6) is 0 Å². The molecule has 0 aliphatic carbocycles. The van der Waals surface area contributed by atoms with Crippen LogP contribution >= 0.6 is 0 Å². The molecule has 1 aromatic rings. The van der Waals surface area contributed by atoms with E-state index in [1.807, 2.05) is 0 Å². The van der Waals surface area contributed by atoms with E-state index in [4.69, 9.17) is 5.26 Å². The second kappa shape index (κ2) is 4.09. The Morgan fingerprint density at radius 3 is 2.71 bits per heavy atom. The molecule has 74 valence electrons. The fourth-order valence-corrected chi connectivity index (χ4v) is 1.15. The van der Waals surface area contributed by atoms with Gasteiger partial charge in [0.1, 0.15) is 0 Å². The molecule has 0 unspecified atom stereocenters. The third-order valence-electron chi connectivity index (χ3n) is 1.93. The topological polar surface area (TPSA) is 36.7 Å². The molecular weight excluding hydrogens is 193 g/mol. The molecule has 1 heterocycles. The van der Waals surface area contributed by atoms with Crippen molar-refractivity contribution in [2.45, 2.75) is 19.8 Å². The molecule has 0 spiro atoms. The Morgan fingerprint density at radius 1 is 1.57 bits per heavy atom. The van der Waals surface area contributed by atoms with E-state index in [0.717, 1.165) is 6.20 Å². The number of aromatic nitrogens is 1. The van der Waals surface area contributed by atoms with Crippen LogP contribution in [0.2, 0.25) is 0 Å². The van der Waals surface area contributed by atoms with Gasteiger partial charge >= 0.3 is 0 Å². The molecular formula is C9H7F3N2. The average molecular weight is 200 g/mol. The SMILES string of the molecule is Cc1c(CC#N)cnc(F)c1C(F)F. The highest BCUT2D eigenvalue weighted by atomic mass is 19.3. The van der Waals surface area contributed by atoms with Crippen molar-refractivity contribution in [3.05, 3.63) is 28.8 Å². The number of rotatable bonds is 2. The number of nitrogens with zero attached hydrogens (tertiary/aromatic N) is 2. The molecule has 0 aliphatic rings. The third kappa shape index (κ3) is 1.84. The zero-order valence-electron chi connectivity index (χ0n) is 7.39. The average Bonchev–Trinajstić information content (AvgIpc) is 2.10. The molecule has 0 N–H and O–H groups in total. The number of hydrogen-bond donors (Lipinski definition) is 0. The molecule has 0 amide bonds. The molecule has 0 bridgehead atoms. The summed E-state index contributed by atoms with van der Waals surface area (Å²) in [6.45, 7) is 1.36. The smallest absolute Gasteiger partial charge is 0.228 e. The lowest BCUT2D eigenvalue weighted by molar-refractivity contribution is 0.144. The highest BCUT2D eigenvalue weighted by Crippen LogP contribution is 2.26. The summed E-state index contributed by atoms with van der Waals surface area (Å²) in [7, 11) is 0. The van der Waals surface area contributed by atoms with E-state index in [1.54, 1.807) is 6.07 Å². The molecule has 0 aromatic carbocycles. The summed E-state index contributed by atoms with van der Waals surface area (Å²) in [5, 5.41) is 8.38. The molecule has 0 aliphatic heterocycles. The van der Waals surface area contributed by atoms with Crippen molar-refractivity contribution in [2.24, 2.45) is 0 Å². The minimum atomic E-state index is -2.90. The van der Waals surface area contributed by atoms with E-state index in [-0.39, 0.29) is 12.0 Å². The van der Waals surface area contributed by atoms with Gasteiger partial charge in [-0.05, 0) is 18.1 Å². The number of pyridine rings is 1. The summed E-state index contributed by atoms with van der Waals surface area (Å²) in [4.78, 5) is 3.18. The van der Waals surface area contributed by atoms with Gasteiger partial charge in [0.2, 0.25) is 5.95 Å². The van der Waals surface area contributed by atoms with Gasteiger partial charge in [-0.3, -0.25) is 0 Å². The predicted molar refractivity (Wildman–Crippen MR) is 43.2 cm³/mol. The van der Waals surface area contributed by atoms with Crippen LogP contribution < -0.4 is 0 Å². The fraction of sp³-hybridized carbons (Fsp3) is 0.333. The molecule has 1 rings (SSSR count). The molecule has 0 fully saturated rings. The summed E-state index contributed by atoms with van der Waals surface area (Å²) in [5.41, 5.74) is -0.268. The molecule has 0 atom stereocenters. The van der Waals surface area contributed by atoms with Crippen molar-refractivity contribution in [3.63, 3.8) is 0 Å². The number of halogens is 3. The van der Waals surface area contributed by atoms with Crippen LogP contribution in [0.4, 0.5) is 13.2 Å². The van der Waals surface area contributed by atoms with E-state index in [9.17, 15) is 13.2 Å². The van der Waals surface area contributed by atoms with Gasteiger partial charge in [-0.15, -0.1) is 0 Å². The van der Waals surface area contributed by atoms with Crippen molar-refractivity contribution in [1.29, 1.82) is 5.26 Å². The zero-order chi connectivity index (χ0) is 10.7. The quantitative estimate of drug-likeness (QED) is 0.688. The largest absolute Gasteiger partial charge is 0.268 e. The van der Waals surface area contributed by atoms with Crippen LogP contribution in [-0.4, -0.2) is 4.98 Å². The second-order valence-corrected chi connectivity index (χ2v) is 2.75. The van der Waals surface area contributed by atoms with E-state index in [1.165, 1.54) is 6.92 Å². The van der Waals surface area contributed by atoms with Crippen LogP contribution in [0.25, 0.3) is 0 Å². The lowest BCUT2D eigenvalue weighted by Crippen LogP contribution is -2.02. The number of alkyl halides is 2. The van der Waals surface area contributed by atoms with Crippen LogP contribution in [0, 0.1) is 24.2 Å². The molecule has 14 heavy (non-hydrogen) atoms. The van der Waals surface area contributed by atoms with E-state index >= 15 is 0 Å². The number of nitriles is 1. The Morgan fingerprint density at radius 2 is 2.21 bits per heavy atom. The molecule has 2 nitrogen and oxygen atoms in total. The van der Waals surface area contributed by atoms with Gasteiger partial charge in [0.15, 0.2) is 0 Å². The van der Waals surface area contributed by atoms with Gasteiger partial charge in [0.25, 0.3) is 6.43 Å². The summed E-state index contributed by atoms with van der Waals surface area (Å²) in [6.07, 6.45) is -1.83. The summed E-state index contributed by atoms with van der Waals surface area (Å²) in [6, 6.07) is 1.80. The summed E-state index contributed by atoms with van der Waals surface area (Å²) < 4.78 is 37.5. The highest BCUT2D eigenvalue weighted by Gasteiger charge is 2.19. The van der Waals surface area contributed by atoms with Crippen LogP contribution in [0.15, 0.2) is 6.20 Å². The van der Waals surface area contributed by atoms with Gasteiger partial charge in [-0.2, -0.15) is 9.65 Å². The summed E-state index contributed by atoms with van der Waals surface area (Å²) in [5.74, 6) is -1.17. The molecule has 1 aromatic heterocycles. The van der Waals surface area contributed by atoms with E-state index < -0.39 is 17.9 Å². The Kier molecular flexibility index (Phi) is 3.07. The summed E-state index contributed by atoms with van der Waals surface area (Å²) >= 11 is 0. The van der Waals surface area contributed by atoms with E-state index in [0.29, 0.717) is 5.56 Å². The first kappa shape index (κ1) is 10.5. The van der Waals surface area contributed by atoms with Gasteiger partial charge in [0.05, 0.1) is 18.1 Å². The standard InChI is InChI=1S/C9H7F3N2/c1-5-6(2-3-13)4-14-9(12)7(5)8(10)11/h4,8H,2H2,1H3. The van der Waals surface area contributed by atoms with Crippen molar-refractivity contribution in [3.8, 4) is 6.07 Å². The first-order valence-corrected chi connectivity index (χ1v) is 3.87. The highest BCUT2D eigenvalue weighted by molar-refractivity contribution is 5.33. The Balaban J connectivity index is 3.28. The van der Waals surface area contributed by atoms with Gasteiger partial charge < -0.3 is 0 Å². The van der Waals surface area contributed by atoms with Gasteiger partial charge in [0, 0.05) is 6.20 Å². The molecule has 0 radical (unpaired) electrons. The lowest BCUT2D eigenvalue weighted by Gasteiger charge is -2.08. The van der Waals surface area contributed by atoms with Gasteiger partial charge in [-0.1, -0.05) is 0 Å². The van der Waals surface area contributed by atoms with Crippen molar-refractivity contribution in [2.75, 3.05) is 0 Å². The third-order valence-corrected chi connectivity index (χ3v) is 1.93. The van der Waals surface area contributed by atoms with Crippen molar-refractivity contribution >= 4 is 0 Å². The van der Waals surface area contributed by atoms with Crippen molar-refractivity contribution < 1.29 is 13.2 Å². The van der Waals surface area contributed by atoms with Crippen molar-refractivity contribution in [1.82, 2.24) is 4.98 Å². The van der Waals surface area contributed by atoms with Crippen LogP contribution in [0.3, 0.4) is 0 Å². The molecule has 0 saturated heterocycles. The Bertz CT molecular complexity index is 382. The molecule has 0 saturated carbocycles. The maximum absolute atomic E-state index is 12.8. The zero-order valence-corrected chi connectivity index (χ0v) is 7.39. The minimum absolute atomic E-state index is 0.0428. The first-order valence-electron chi connectivity index (χ1n) is 3.87. The lowest BCUT2D eigenvalue weighted by atomic mass is 10.0. The Labute approximate surface area is 79.0 Å². The minimum Gasteiger partial charge on any atom is -0.228 e. The van der Waals surface area contributed by atoms with E-state index in [2.05, 4.69) is 4.98 Å². The monoisotopic (exact) mass is 200 g/mol. The predicted octanol–water partition coefficient (Wildman–Crippen LogP) is 2.53. The first-order chi connectivity index (χ1) is 6.57. The Hall–Kier alpha value is -1.57. The van der Waals surface area contributed by atoms with Gasteiger partial charge in [-0.25, -0.2) is 13.8 Å². The van der Waals surface area contributed by atoms with Crippen LogP contribution in [-0.2, 0) is 6.42 Å².